The van der Waals surface area contributed by atoms with Crippen LogP contribution in [-0.4, -0.2) is 36.0 Å². The number of quaternary nitrogens is 1. The van der Waals surface area contributed by atoms with E-state index in [1.807, 2.05) is 0 Å². The maximum atomic E-state index is 3.48. The van der Waals surface area contributed by atoms with Crippen molar-refractivity contribution in [2.24, 2.45) is 0 Å². The van der Waals surface area contributed by atoms with Crippen LogP contribution in [-0.2, 0) is 0 Å². The maximum absolute atomic E-state index is 3.48. The summed E-state index contributed by atoms with van der Waals surface area (Å²) in [7, 11) is 0. The fourth-order valence-electron chi connectivity index (χ4n) is 1.69. The Kier molecular flexibility index (Phi) is 11.6. The maximum Gasteiger partial charge on any atom is 0.0786 e. The van der Waals surface area contributed by atoms with Crippen molar-refractivity contribution < 1.29 is 16.9 Å². The Morgan fingerprint density at radius 2 is 1.38 bits per heavy atom. The van der Waals surface area contributed by atoms with Gasteiger partial charge in [-0.05, 0) is 33.6 Å². The van der Waals surface area contributed by atoms with Gasteiger partial charge in [0.05, 0.1) is 26.2 Å². The van der Waals surface area contributed by atoms with Gasteiger partial charge >= 0.3 is 0 Å². The van der Waals surface area contributed by atoms with Gasteiger partial charge in [-0.3, -0.25) is 0 Å². The highest BCUT2D eigenvalue weighted by Crippen LogP contribution is 2.08. The molecule has 0 aliphatic rings. The lowest BCUT2D eigenvalue weighted by Crippen LogP contribution is -3.00. The average molecular weight is 273 g/mol. The molecule has 3 heteroatoms. The first-order valence-corrected chi connectivity index (χ1v) is 6.27. The second kappa shape index (κ2) is 9.29. The van der Waals surface area contributed by atoms with Crippen LogP contribution < -0.4 is 12.4 Å². The smallest absolute Gasteiger partial charge is 0.0786 e. The van der Waals surface area contributed by atoms with Crippen molar-refractivity contribution in [2.75, 3.05) is 31.5 Å². The second-order valence-electron chi connectivity index (χ2n) is 3.41. The lowest BCUT2D eigenvalue weighted by molar-refractivity contribution is -0.923. The van der Waals surface area contributed by atoms with Crippen LogP contribution in [0.5, 0.6) is 0 Å². The van der Waals surface area contributed by atoms with E-state index in [4.69, 9.17) is 0 Å². The molecule has 1 nitrogen and oxygen atoms in total. The number of hydrogen-bond acceptors (Lipinski definition) is 0. The van der Waals surface area contributed by atoms with Gasteiger partial charge in [0.1, 0.15) is 0 Å². The fourth-order valence-corrected chi connectivity index (χ4v) is 2.08. The Morgan fingerprint density at radius 1 is 0.923 bits per heavy atom. The summed E-state index contributed by atoms with van der Waals surface area (Å²) < 4.78 is 1.30. The van der Waals surface area contributed by atoms with Crippen LogP contribution in [0.1, 0.15) is 33.6 Å². The largest absolute Gasteiger partial charge is 1.00 e. The van der Waals surface area contributed by atoms with Crippen LogP contribution in [0, 0.1) is 0 Å². The van der Waals surface area contributed by atoms with Crippen molar-refractivity contribution in [2.45, 2.75) is 33.6 Å². The SMILES string of the molecule is CC[N+](CC)(CC)CCCCBr.[Cl-]. The lowest BCUT2D eigenvalue weighted by atomic mass is 10.2. The highest BCUT2D eigenvalue weighted by molar-refractivity contribution is 9.09. The van der Waals surface area contributed by atoms with Crippen LogP contribution in [0.25, 0.3) is 0 Å². The molecule has 0 unspecified atom stereocenters. The summed E-state index contributed by atoms with van der Waals surface area (Å²) in [5.74, 6) is 0. The van der Waals surface area contributed by atoms with E-state index < -0.39 is 0 Å². The predicted octanol–water partition coefficient (Wildman–Crippen LogP) is 0.0420. The Hall–Kier alpha value is 0.730. The topological polar surface area (TPSA) is 0 Å². The van der Waals surface area contributed by atoms with Crippen LogP contribution in [0.4, 0.5) is 0 Å². The number of unbranched alkanes of at least 4 members (excludes halogenated alkanes) is 1. The molecule has 0 saturated heterocycles. The van der Waals surface area contributed by atoms with E-state index in [0.29, 0.717) is 0 Å². The minimum atomic E-state index is 0. The molecule has 0 heterocycles. The molecule has 0 N–H and O–H groups in total. The molecule has 0 aromatic carbocycles. The Labute approximate surface area is 98.0 Å². The molecule has 0 aromatic rings. The van der Waals surface area contributed by atoms with Gasteiger partial charge in [-0.15, -0.1) is 0 Å². The van der Waals surface area contributed by atoms with Crippen LogP contribution >= 0.6 is 15.9 Å². The normalized spacial score (nSPS) is 11.1. The molecule has 0 fully saturated rings. The molecule has 0 aliphatic carbocycles. The monoisotopic (exact) mass is 271 g/mol. The van der Waals surface area contributed by atoms with Crippen LogP contribution in [0.3, 0.4) is 0 Å². The zero-order chi connectivity index (χ0) is 9.45. The molecule has 13 heavy (non-hydrogen) atoms. The molecular weight excluding hydrogens is 249 g/mol. The summed E-state index contributed by atoms with van der Waals surface area (Å²) in [6.45, 7) is 12.1. The lowest BCUT2D eigenvalue weighted by Gasteiger charge is -2.35. The highest BCUT2D eigenvalue weighted by Gasteiger charge is 2.18. The molecular formula is C10H23BrClN. The quantitative estimate of drug-likeness (QED) is 0.349. The standard InChI is InChI=1S/C10H23BrN.ClH/c1-4-12(5-2,6-3)10-8-7-9-11;/h4-10H2,1-3H3;1H/q+1;/p-1. The molecule has 0 saturated carbocycles. The third kappa shape index (κ3) is 5.92. The van der Waals surface area contributed by atoms with Gasteiger partial charge < -0.3 is 16.9 Å². The first-order chi connectivity index (χ1) is 5.74. The number of rotatable bonds is 7. The minimum Gasteiger partial charge on any atom is -1.00 e. The number of nitrogens with zero attached hydrogens (tertiary/aromatic N) is 1. The molecule has 0 spiro atoms. The van der Waals surface area contributed by atoms with Gasteiger partial charge in [0.2, 0.25) is 0 Å². The Bertz CT molecular complexity index is 96.8. The number of hydrogen-bond donors (Lipinski definition) is 0. The van der Waals surface area contributed by atoms with E-state index in [0.717, 1.165) is 5.33 Å². The summed E-state index contributed by atoms with van der Waals surface area (Å²) >= 11 is 3.48. The summed E-state index contributed by atoms with van der Waals surface area (Å²) in [6.07, 6.45) is 2.68. The average Bonchev–Trinajstić information content (AvgIpc) is 2.14. The number of alkyl halides is 1. The van der Waals surface area contributed by atoms with E-state index in [2.05, 4.69) is 36.7 Å². The molecule has 0 atom stereocenters. The molecule has 0 bridgehead atoms. The van der Waals surface area contributed by atoms with Gasteiger partial charge in [-0.2, -0.15) is 0 Å². The zero-order valence-electron chi connectivity index (χ0n) is 9.15. The van der Waals surface area contributed by atoms with E-state index >= 15 is 0 Å². The Balaban J connectivity index is 0. The number of halogens is 2. The van der Waals surface area contributed by atoms with Crippen molar-refractivity contribution >= 4 is 15.9 Å². The summed E-state index contributed by atoms with van der Waals surface area (Å²) in [6, 6.07) is 0. The summed E-state index contributed by atoms with van der Waals surface area (Å²) in [5.41, 5.74) is 0. The first kappa shape index (κ1) is 16.2. The summed E-state index contributed by atoms with van der Waals surface area (Å²) in [4.78, 5) is 0. The molecule has 0 amide bonds. The van der Waals surface area contributed by atoms with Crippen molar-refractivity contribution in [1.82, 2.24) is 0 Å². The van der Waals surface area contributed by atoms with Crippen LogP contribution in [0.15, 0.2) is 0 Å². The molecule has 0 aliphatic heterocycles. The minimum absolute atomic E-state index is 0. The van der Waals surface area contributed by atoms with Crippen molar-refractivity contribution in [3.05, 3.63) is 0 Å². The van der Waals surface area contributed by atoms with Gasteiger partial charge in [-0.1, -0.05) is 15.9 Å². The predicted molar refractivity (Wildman–Crippen MR) is 59.8 cm³/mol. The van der Waals surface area contributed by atoms with E-state index in [9.17, 15) is 0 Å². The highest BCUT2D eigenvalue weighted by atomic mass is 79.9. The van der Waals surface area contributed by atoms with Gasteiger partial charge in [0.25, 0.3) is 0 Å². The van der Waals surface area contributed by atoms with E-state index in [1.54, 1.807) is 0 Å². The molecule has 82 valence electrons. The van der Waals surface area contributed by atoms with E-state index in [-0.39, 0.29) is 12.4 Å². The van der Waals surface area contributed by atoms with E-state index in [1.165, 1.54) is 43.5 Å². The summed E-state index contributed by atoms with van der Waals surface area (Å²) in [5, 5.41) is 1.16. The third-order valence-corrected chi connectivity index (χ3v) is 3.59. The second-order valence-corrected chi connectivity index (χ2v) is 4.20. The van der Waals surface area contributed by atoms with Gasteiger partial charge in [0.15, 0.2) is 0 Å². The fraction of sp³-hybridized carbons (Fsp3) is 1.00. The Morgan fingerprint density at radius 3 is 1.69 bits per heavy atom. The third-order valence-electron chi connectivity index (χ3n) is 3.03. The molecule has 0 aromatic heterocycles. The van der Waals surface area contributed by atoms with Crippen LogP contribution in [0.2, 0.25) is 0 Å². The van der Waals surface area contributed by atoms with Crippen molar-refractivity contribution in [1.29, 1.82) is 0 Å². The van der Waals surface area contributed by atoms with Crippen molar-refractivity contribution in [3.8, 4) is 0 Å². The van der Waals surface area contributed by atoms with Crippen molar-refractivity contribution in [3.63, 3.8) is 0 Å². The molecule has 0 radical (unpaired) electrons. The first-order valence-electron chi connectivity index (χ1n) is 5.15. The van der Waals surface area contributed by atoms with Gasteiger partial charge in [-0.25, -0.2) is 0 Å². The molecule has 0 rings (SSSR count). The van der Waals surface area contributed by atoms with Gasteiger partial charge in [0, 0.05) is 5.33 Å². The zero-order valence-corrected chi connectivity index (χ0v) is 11.5.